The molecule has 2 amide bonds. The van der Waals surface area contributed by atoms with Crippen molar-refractivity contribution in [2.45, 2.75) is 51.2 Å². The zero-order valence-corrected chi connectivity index (χ0v) is 21.7. The third kappa shape index (κ3) is 5.60. The van der Waals surface area contributed by atoms with Gasteiger partial charge in [0.1, 0.15) is 0 Å². The highest BCUT2D eigenvalue weighted by Gasteiger charge is 2.42. The maximum absolute atomic E-state index is 13.5. The summed E-state index contributed by atoms with van der Waals surface area (Å²) in [6.45, 7) is 2.83. The fourth-order valence-corrected chi connectivity index (χ4v) is 5.62. The molecule has 0 N–H and O–H groups in total. The van der Waals surface area contributed by atoms with Gasteiger partial charge in [0, 0.05) is 18.2 Å². The van der Waals surface area contributed by atoms with Gasteiger partial charge in [-0.05, 0) is 56.2 Å². The van der Waals surface area contributed by atoms with E-state index in [2.05, 4.69) is 4.98 Å². The van der Waals surface area contributed by atoms with Crippen molar-refractivity contribution in [2.24, 2.45) is 0 Å². The van der Waals surface area contributed by atoms with Crippen molar-refractivity contribution < 1.29 is 45.4 Å². The minimum absolute atomic E-state index is 0.0298. The van der Waals surface area contributed by atoms with Crippen LogP contribution in [0.1, 0.15) is 48.6 Å². The van der Waals surface area contributed by atoms with Gasteiger partial charge < -0.3 is 9.47 Å². The molecule has 0 aliphatic carbocycles. The van der Waals surface area contributed by atoms with E-state index in [9.17, 15) is 35.9 Å². The van der Waals surface area contributed by atoms with Crippen molar-refractivity contribution >= 4 is 39.4 Å². The number of thiazole rings is 1. The van der Waals surface area contributed by atoms with Crippen molar-refractivity contribution in [1.29, 1.82) is 0 Å². The molecule has 0 saturated heterocycles. The third-order valence-corrected chi connectivity index (χ3v) is 7.24. The van der Waals surface area contributed by atoms with Gasteiger partial charge in [0.25, 0.3) is 0 Å². The summed E-state index contributed by atoms with van der Waals surface area (Å²) in [6, 6.07) is 3.07. The van der Waals surface area contributed by atoms with Crippen LogP contribution in [-0.2, 0) is 28.4 Å². The molecule has 0 unspecified atom stereocenters. The van der Waals surface area contributed by atoms with Gasteiger partial charge in [-0.1, -0.05) is 0 Å². The highest BCUT2D eigenvalue weighted by atomic mass is 32.1. The summed E-state index contributed by atoms with van der Waals surface area (Å²) in [4.78, 5) is 32.6. The molecule has 0 spiro atoms. The molecular weight excluding hydrogens is 552 g/mol. The van der Waals surface area contributed by atoms with Crippen LogP contribution in [-0.4, -0.2) is 41.8 Å². The van der Waals surface area contributed by atoms with Crippen LogP contribution in [0.3, 0.4) is 0 Å². The number of amides is 2. The summed E-state index contributed by atoms with van der Waals surface area (Å²) in [5, 5.41) is 0. The molecule has 0 saturated carbocycles. The number of alkyl halides is 6. The van der Waals surface area contributed by atoms with Crippen LogP contribution in [0.25, 0.3) is 10.2 Å². The molecule has 14 heteroatoms. The molecule has 0 radical (unpaired) electrons. The standard InChI is InChI=1S/C25H23F6N3O4S/c1-4-38-23(36)34-13(2)7-19(20-18(34)6-5-17-21(20)39-12-32-17)33(22(35)37-3)11-14-8-15(24(26,27)28)10-16(9-14)25(29,30)31/h5-6,8-10,12-13,19H,4,7,11H2,1-3H3/t13-,19+/m0/s1. The van der Waals surface area contributed by atoms with Crippen LogP contribution in [0, 0.1) is 0 Å². The number of benzene rings is 2. The Labute approximate surface area is 222 Å². The lowest BCUT2D eigenvalue weighted by Gasteiger charge is -2.42. The number of carbonyl (C=O) groups excluding carboxylic acids is 2. The monoisotopic (exact) mass is 575 g/mol. The van der Waals surface area contributed by atoms with Gasteiger partial charge in [-0.3, -0.25) is 9.80 Å². The van der Waals surface area contributed by atoms with Gasteiger partial charge in [-0.25, -0.2) is 14.6 Å². The lowest BCUT2D eigenvalue weighted by molar-refractivity contribution is -0.143. The van der Waals surface area contributed by atoms with Crippen LogP contribution in [0.4, 0.5) is 41.6 Å². The van der Waals surface area contributed by atoms with Gasteiger partial charge in [0.15, 0.2) is 0 Å². The summed E-state index contributed by atoms with van der Waals surface area (Å²) >= 11 is 1.22. The lowest BCUT2D eigenvalue weighted by Crippen LogP contribution is -2.47. The van der Waals surface area contributed by atoms with Gasteiger partial charge in [-0.15, -0.1) is 11.3 Å². The average molecular weight is 576 g/mol. The highest BCUT2D eigenvalue weighted by Crippen LogP contribution is 2.46. The van der Waals surface area contributed by atoms with Gasteiger partial charge in [-0.2, -0.15) is 26.3 Å². The Balaban J connectivity index is 1.87. The molecule has 0 bridgehead atoms. The molecule has 2 atom stereocenters. The molecule has 39 heavy (non-hydrogen) atoms. The molecule has 7 nitrogen and oxygen atoms in total. The Morgan fingerprint density at radius 3 is 2.31 bits per heavy atom. The van der Waals surface area contributed by atoms with E-state index in [1.165, 1.54) is 16.2 Å². The number of anilines is 1. The number of carbonyl (C=O) groups is 2. The van der Waals surface area contributed by atoms with E-state index in [1.807, 2.05) is 0 Å². The van der Waals surface area contributed by atoms with E-state index in [-0.39, 0.29) is 24.7 Å². The SMILES string of the molecule is CCOC(=O)N1c2ccc3ncsc3c2[C@H](N(Cc2cc(C(F)(F)F)cc(C(F)(F)F)c2)C(=O)OC)C[C@@H]1C. The number of fused-ring (bicyclic) bond motifs is 3. The maximum Gasteiger partial charge on any atom is 0.416 e. The molecular formula is C25H23F6N3O4S. The minimum atomic E-state index is -5.05. The summed E-state index contributed by atoms with van der Waals surface area (Å²) in [7, 11) is 1.06. The van der Waals surface area contributed by atoms with Crippen molar-refractivity contribution in [1.82, 2.24) is 9.88 Å². The molecule has 1 aliphatic rings. The largest absolute Gasteiger partial charge is 0.453 e. The summed E-state index contributed by atoms with van der Waals surface area (Å²) in [5.74, 6) is 0. The van der Waals surface area contributed by atoms with E-state index < -0.39 is 54.3 Å². The van der Waals surface area contributed by atoms with Gasteiger partial charge in [0.2, 0.25) is 0 Å². The quantitative estimate of drug-likeness (QED) is 0.303. The Kier molecular flexibility index (Phi) is 7.70. The predicted octanol–water partition coefficient (Wildman–Crippen LogP) is 7.40. The van der Waals surface area contributed by atoms with E-state index in [0.717, 1.165) is 12.0 Å². The first-order valence-corrected chi connectivity index (χ1v) is 12.6. The highest BCUT2D eigenvalue weighted by molar-refractivity contribution is 7.17. The smallest absolute Gasteiger partial charge is 0.416 e. The molecule has 3 aromatic rings. The van der Waals surface area contributed by atoms with Crippen molar-refractivity contribution in [2.75, 3.05) is 18.6 Å². The fourth-order valence-electron chi connectivity index (χ4n) is 4.74. The number of ether oxygens (including phenoxy) is 2. The number of rotatable bonds is 4. The number of methoxy groups -OCH3 is 1. The Morgan fingerprint density at radius 2 is 1.74 bits per heavy atom. The fraction of sp³-hybridized carbons (Fsp3) is 0.400. The first-order chi connectivity index (χ1) is 18.3. The molecule has 2 aromatic carbocycles. The number of hydrogen-bond acceptors (Lipinski definition) is 6. The van der Waals surface area contributed by atoms with E-state index in [1.54, 1.807) is 31.5 Å². The van der Waals surface area contributed by atoms with Crippen LogP contribution >= 0.6 is 11.3 Å². The molecule has 1 aliphatic heterocycles. The molecule has 4 rings (SSSR count). The van der Waals surface area contributed by atoms with Crippen LogP contribution in [0.2, 0.25) is 0 Å². The molecule has 210 valence electrons. The van der Waals surface area contributed by atoms with Crippen molar-refractivity contribution in [3.63, 3.8) is 0 Å². The van der Waals surface area contributed by atoms with Gasteiger partial charge >= 0.3 is 24.5 Å². The lowest BCUT2D eigenvalue weighted by atomic mass is 9.90. The Hall–Kier alpha value is -3.55. The van der Waals surface area contributed by atoms with Crippen molar-refractivity contribution in [3.8, 4) is 0 Å². The van der Waals surface area contributed by atoms with Crippen LogP contribution < -0.4 is 4.90 Å². The predicted molar refractivity (Wildman–Crippen MR) is 130 cm³/mol. The molecule has 0 fully saturated rings. The number of nitrogens with zero attached hydrogens (tertiary/aromatic N) is 3. The van der Waals surface area contributed by atoms with E-state index >= 15 is 0 Å². The first-order valence-electron chi connectivity index (χ1n) is 11.7. The second-order valence-corrected chi connectivity index (χ2v) is 9.74. The summed E-state index contributed by atoms with van der Waals surface area (Å²) in [5.41, 5.74) is -0.413. The summed E-state index contributed by atoms with van der Waals surface area (Å²) in [6.07, 6.45) is -11.6. The number of aromatic nitrogens is 1. The zero-order valence-electron chi connectivity index (χ0n) is 20.9. The Bertz CT molecular complexity index is 1360. The number of halogens is 6. The van der Waals surface area contributed by atoms with Crippen LogP contribution in [0.15, 0.2) is 35.8 Å². The maximum atomic E-state index is 13.5. The molecule has 1 aromatic heterocycles. The average Bonchev–Trinajstić information content (AvgIpc) is 3.34. The second-order valence-electron chi connectivity index (χ2n) is 8.88. The zero-order chi connectivity index (χ0) is 28.7. The van der Waals surface area contributed by atoms with Gasteiger partial charge in [0.05, 0.1) is 52.3 Å². The van der Waals surface area contributed by atoms with E-state index in [4.69, 9.17) is 9.47 Å². The summed E-state index contributed by atoms with van der Waals surface area (Å²) < 4.78 is 91.7. The van der Waals surface area contributed by atoms with Crippen molar-refractivity contribution in [3.05, 3.63) is 58.1 Å². The normalized spacial score (nSPS) is 17.6. The second kappa shape index (κ2) is 10.5. The third-order valence-electron chi connectivity index (χ3n) is 6.36. The topological polar surface area (TPSA) is 72.0 Å². The minimum Gasteiger partial charge on any atom is -0.453 e. The van der Waals surface area contributed by atoms with E-state index in [0.29, 0.717) is 33.6 Å². The Morgan fingerprint density at radius 1 is 1.10 bits per heavy atom. The van der Waals surface area contributed by atoms with Crippen LogP contribution in [0.5, 0.6) is 0 Å². The molecule has 2 heterocycles. The number of hydrogen-bond donors (Lipinski definition) is 0. The first kappa shape index (κ1) is 28.5.